The minimum absolute atomic E-state index is 0.135. The summed E-state index contributed by atoms with van der Waals surface area (Å²) in [6, 6.07) is 5.91. The fourth-order valence-electron chi connectivity index (χ4n) is 2.37. The van der Waals surface area contributed by atoms with Crippen LogP contribution in [0.25, 0.3) is 0 Å². The molecule has 0 bridgehead atoms. The van der Waals surface area contributed by atoms with E-state index in [9.17, 15) is 0 Å². The van der Waals surface area contributed by atoms with Gasteiger partial charge in [-0.05, 0) is 18.2 Å². The molecule has 1 heterocycles. The largest absolute Gasteiger partial charge is 0.384 e. The highest BCUT2D eigenvalue weighted by Gasteiger charge is 2.24. The molecule has 0 aromatic heterocycles. The average Bonchev–Trinajstić information content (AvgIpc) is 2.27. The Hall–Kier alpha value is -0.680. The standard InChI is InChI=1S/C13H18BrN3S/c1-8-6-17(7-9(2)18-8)12-5-10(14)3-4-11(12)13(15)16/h3-5,8-9H,6-7H2,1-2H3,(H3,15,16). The molecule has 0 radical (unpaired) electrons. The smallest absolute Gasteiger partial charge is 0.124 e. The number of halogens is 1. The van der Waals surface area contributed by atoms with Gasteiger partial charge in [0.15, 0.2) is 0 Å². The predicted molar refractivity (Wildman–Crippen MR) is 83.9 cm³/mol. The Bertz CT molecular complexity index is 454. The molecule has 5 heteroatoms. The minimum Gasteiger partial charge on any atom is -0.384 e. The van der Waals surface area contributed by atoms with Gasteiger partial charge in [-0.3, -0.25) is 5.41 Å². The van der Waals surface area contributed by atoms with Gasteiger partial charge in [0.05, 0.1) is 0 Å². The SMILES string of the molecule is CC1CN(c2cc(Br)ccc2C(=N)N)CC(C)S1. The third-order valence-electron chi connectivity index (χ3n) is 3.01. The number of nitrogens with zero attached hydrogens (tertiary/aromatic N) is 1. The molecule has 2 atom stereocenters. The van der Waals surface area contributed by atoms with Gasteiger partial charge >= 0.3 is 0 Å². The van der Waals surface area contributed by atoms with Crippen LogP contribution in [-0.4, -0.2) is 29.4 Å². The van der Waals surface area contributed by atoms with E-state index in [0.29, 0.717) is 10.5 Å². The summed E-state index contributed by atoms with van der Waals surface area (Å²) in [6.07, 6.45) is 0. The van der Waals surface area contributed by atoms with Gasteiger partial charge in [0.1, 0.15) is 5.84 Å². The molecule has 98 valence electrons. The number of nitrogens with two attached hydrogens (primary N) is 1. The van der Waals surface area contributed by atoms with Crippen LogP contribution in [0.3, 0.4) is 0 Å². The maximum atomic E-state index is 7.70. The van der Waals surface area contributed by atoms with Crippen molar-refractivity contribution in [1.29, 1.82) is 5.41 Å². The van der Waals surface area contributed by atoms with Crippen LogP contribution in [0, 0.1) is 5.41 Å². The molecule has 1 aliphatic heterocycles. The molecule has 2 rings (SSSR count). The Morgan fingerprint density at radius 1 is 1.39 bits per heavy atom. The summed E-state index contributed by atoms with van der Waals surface area (Å²) < 4.78 is 1.03. The summed E-state index contributed by atoms with van der Waals surface area (Å²) in [7, 11) is 0. The van der Waals surface area contributed by atoms with E-state index in [0.717, 1.165) is 28.8 Å². The third kappa shape index (κ3) is 3.01. The zero-order chi connectivity index (χ0) is 13.3. The quantitative estimate of drug-likeness (QED) is 0.648. The lowest BCUT2D eigenvalue weighted by molar-refractivity contribution is 0.727. The van der Waals surface area contributed by atoms with Crippen molar-refractivity contribution >= 4 is 39.2 Å². The summed E-state index contributed by atoms with van der Waals surface area (Å²) in [5.41, 5.74) is 7.57. The first-order valence-electron chi connectivity index (χ1n) is 6.01. The molecule has 0 saturated carbocycles. The van der Waals surface area contributed by atoms with E-state index in [-0.39, 0.29) is 5.84 Å². The van der Waals surface area contributed by atoms with Crippen LogP contribution in [-0.2, 0) is 0 Å². The second-order valence-electron chi connectivity index (χ2n) is 4.74. The van der Waals surface area contributed by atoms with Crippen molar-refractivity contribution in [3.63, 3.8) is 0 Å². The number of rotatable bonds is 2. The lowest BCUT2D eigenvalue weighted by atomic mass is 10.1. The van der Waals surface area contributed by atoms with Crippen LogP contribution in [0.1, 0.15) is 19.4 Å². The van der Waals surface area contributed by atoms with Gasteiger partial charge in [-0.25, -0.2) is 0 Å². The summed E-state index contributed by atoms with van der Waals surface area (Å²) in [5, 5.41) is 8.90. The van der Waals surface area contributed by atoms with Crippen molar-refractivity contribution in [2.75, 3.05) is 18.0 Å². The predicted octanol–water partition coefficient (Wildman–Crippen LogP) is 3.06. The normalized spacial score (nSPS) is 24.1. The molecular weight excluding hydrogens is 310 g/mol. The highest BCUT2D eigenvalue weighted by molar-refractivity contribution is 9.10. The monoisotopic (exact) mass is 327 g/mol. The van der Waals surface area contributed by atoms with Crippen molar-refractivity contribution < 1.29 is 0 Å². The number of thioether (sulfide) groups is 1. The maximum absolute atomic E-state index is 7.70. The molecule has 18 heavy (non-hydrogen) atoms. The van der Waals surface area contributed by atoms with Crippen LogP contribution in [0.2, 0.25) is 0 Å². The van der Waals surface area contributed by atoms with Gasteiger partial charge in [-0.1, -0.05) is 29.8 Å². The molecular formula is C13H18BrN3S. The van der Waals surface area contributed by atoms with E-state index >= 15 is 0 Å². The highest BCUT2D eigenvalue weighted by atomic mass is 79.9. The molecule has 1 aliphatic rings. The van der Waals surface area contributed by atoms with Crippen molar-refractivity contribution in [3.05, 3.63) is 28.2 Å². The number of anilines is 1. The number of nitrogens with one attached hydrogen (secondary N) is 1. The molecule has 1 aromatic carbocycles. The van der Waals surface area contributed by atoms with Gasteiger partial charge in [0.25, 0.3) is 0 Å². The average molecular weight is 328 g/mol. The van der Waals surface area contributed by atoms with Crippen molar-refractivity contribution in [1.82, 2.24) is 0 Å². The molecule has 2 unspecified atom stereocenters. The van der Waals surface area contributed by atoms with E-state index in [1.54, 1.807) is 0 Å². The van der Waals surface area contributed by atoms with Crippen LogP contribution in [0.15, 0.2) is 22.7 Å². The molecule has 1 aromatic rings. The van der Waals surface area contributed by atoms with E-state index in [4.69, 9.17) is 11.1 Å². The molecule has 0 aliphatic carbocycles. The second kappa shape index (κ2) is 5.53. The van der Waals surface area contributed by atoms with Crippen LogP contribution < -0.4 is 10.6 Å². The number of nitrogen functional groups attached to an aromatic ring is 1. The Morgan fingerprint density at radius 3 is 2.56 bits per heavy atom. The first-order valence-corrected chi connectivity index (χ1v) is 7.75. The molecule has 0 amide bonds. The topological polar surface area (TPSA) is 53.1 Å². The summed E-state index contributed by atoms with van der Waals surface area (Å²) >= 11 is 5.52. The van der Waals surface area contributed by atoms with Gasteiger partial charge in [0, 0.05) is 39.3 Å². The van der Waals surface area contributed by atoms with Gasteiger partial charge in [0.2, 0.25) is 0 Å². The molecule has 3 N–H and O–H groups in total. The van der Waals surface area contributed by atoms with Gasteiger partial charge in [-0.2, -0.15) is 11.8 Å². The van der Waals surface area contributed by atoms with Crippen LogP contribution in [0.5, 0.6) is 0 Å². The lowest BCUT2D eigenvalue weighted by Crippen LogP contribution is -2.41. The molecule has 0 spiro atoms. The number of hydrogen-bond acceptors (Lipinski definition) is 3. The van der Waals surface area contributed by atoms with Crippen molar-refractivity contribution in [2.24, 2.45) is 5.73 Å². The lowest BCUT2D eigenvalue weighted by Gasteiger charge is -2.37. The van der Waals surface area contributed by atoms with Crippen molar-refractivity contribution in [3.8, 4) is 0 Å². The van der Waals surface area contributed by atoms with Gasteiger partial charge < -0.3 is 10.6 Å². The van der Waals surface area contributed by atoms with Crippen molar-refractivity contribution in [2.45, 2.75) is 24.3 Å². The van der Waals surface area contributed by atoms with E-state index < -0.39 is 0 Å². The zero-order valence-corrected chi connectivity index (χ0v) is 13.0. The summed E-state index contributed by atoms with van der Waals surface area (Å²) in [5.74, 6) is 0.135. The Kier molecular flexibility index (Phi) is 4.22. The third-order valence-corrected chi connectivity index (χ3v) is 4.73. The van der Waals surface area contributed by atoms with E-state index in [2.05, 4.69) is 40.7 Å². The summed E-state index contributed by atoms with van der Waals surface area (Å²) in [4.78, 5) is 2.34. The first-order chi connectivity index (χ1) is 8.47. The fraction of sp³-hybridized carbons (Fsp3) is 0.462. The molecule has 1 saturated heterocycles. The number of benzene rings is 1. The minimum atomic E-state index is 0.135. The van der Waals surface area contributed by atoms with E-state index in [1.165, 1.54) is 0 Å². The second-order valence-corrected chi connectivity index (χ2v) is 7.53. The fourth-order valence-corrected chi connectivity index (χ4v) is 4.04. The highest BCUT2D eigenvalue weighted by Crippen LogP contribution is 2.32. The molecule has 1 fully saturated rings. The first kappa shape index (κ1) is 13.7. The number of hydrogen-bond donors (Lipinski definition) is 2. The van der Waals surface area contributed by atoms with Crippen LogP contribution >= 0.6 is 27.7 Å². The van der Waals surface area contributed by atoms with E-state index in [1.807, 2.05) is 23.9 Å². The van der Waals surface area contributed by atoms with Gasteiger partial charge in [-0.15, -0.1) is 0 Å². The zero-order valence-electron chi connectivity index (χ0n) is 10.6. The molecule has 3 nitrogen and oxygen atoms in total. The Balaban J connectivity index is 2.36. The Labute approximate surface area is 121 Å². The number of amidine groups is 1. The summed E-state index contributed by atoms with van der Waals surface area (Å²) in [6.45, 7) is 6.51. The maximum Gasteiger partial charge on any atom is 0.124 e. The Morgan fingerprint density at radius 2 is 2.00 bits per heavy atom. The van der Waals surface area contributed by atoms with Crippen LogP contribution in [0.4, 0.5) is 5.69 Å².